The summed E-state index contributed by atoms with van der Waals surface area (Å²) in [6.45, 7) is 2.21. The second kappa shape index (κ2) is 5.35. The highest BCUT2D eigenvalue weighted by Gasteiger charge is 2.39. The zero-order valence-corrected chi connectivity index (χ0v) is 9.05. The van der Waals surface area contributed by atoms with Gasteiger partial charge in [-0.1, -0.05) is 0 Å². The number of likely N-dealkylation sites (tertiary alicyclic amines) is 1. The van der Waals surface area contributed by atoms with Gasteiger partial charge in [0.25, 0.3) is 0 Å². The molecule has 1 aliphatic heterocycles. The summed E-state index contributed by atoms with van der Waals surface area (Å²) in [5, 5.41) is 17.8. The maximum atomic E-state index is 11.5. The Kier molecular flexibility index (Phi) is 4.11. The first-order chi connectivity index (χ1) is 7.61. The van der Waals surface area contributed by atoms with Gasteiger partial charge in [-0.25, -0.2) is 4.79 Å². The van der Waals surface area contributed by atoms with E-state index in [0.29, 0.717) is 19.4 Å². The summed E-state index contributed by atoms with van der Waals surface area (Å²) in [6.07, 6.45) is 0.116. The molecule has 0 spiro atoms. The molecule has 6 nitrogen and oxygen atoms in total. The van der Waals surface area contributed by atoms with E-state index >= 15 is 0 Å². The van der Waals surface area contributed by atoms with E-state index in [1.165, 1.54) is 0 Å². The number of carboxylic acid groups (broad SMARTS) is 1. The van der Waals surface area contributed by atoms with Crippen molar-refractivity contribution in [3.05, 3.63) is 0 Å². The van der Waals surface area contributed by atoms with Crippen LogP contribution in [0.5, 0.6) is 0 Å². The average molecular weight is 226 g/mol. The third-order valence-corrected chi connectivity index (χ3v) is 2.61. The summed E-state index contributed by atoms with van der Waals surface area (Å²) in [7, 11) is 0. The van der Waals surface area contributed by atoms with E-state index < -0.39 is 24.0 Å². The second-order valence-electron chi connectivity index (χ2n) is 3.54. The van der Waals surface area contributed by atoms with Gasteiger partial charge in [-0.3, -0.25) is 4.79 Å². The normalized spacial score (nSPS) is 21.2. The number of nitrogens with zero attached hydrogens (tertiary/aromatic N) is 2. The monoisotopic (exact) mass is 226 g/mol. The first-order valence-electron chi connectivity index (χ1n) is 5.17. The molecule has 0 aromatic rings. The standard InChI is InChI=1S/C10H14N2O4/c1-2-16-9(13)7(6-11)8-4-3-5-12(8)10(14)15/h7-8H,2-5H2,1H3,(H,14,15). The van der Waals surface area contributed by atoms with E-state index in [1.54, 1.807) is 6.92 Å². The lowest BCUT2D eigenvalue weighted by Gasteiger charge is -2.24. The Morgan fingerprint density at radius 2 is 2.38 bits per heavy atom. The van der Waals surface area contributed by atoms with Crippen LogP contribution < -0.4 is 0 Å². The van der Waals surface area contributed by atoms with E-state index in [9.17, 15) is 9.59 Å². The molecule has 0 saturated carbocycles. The van der Waals surface area contributed by atoms with Crippen LogP contribution in [0.4, 0.5) is 4.79 Å². The summed E-state index contributed by atoms with van der Waals surface area (Å²) in [6, 6.07) is 1.27. The fourth-order valence-electron chi connectivity index (χ4n) is 1.90. The molecule has 1 heterocycles. The van der Waals surface area contributed by atoms with Crippen LogP contribution in [0.3, 0.4) is 0 Å². The Morgan fingerprint density at radius 1 is 1.69 bits per heavy atom. The van der Waals surface area contributed by atoms with E-state index in [0.717, 1.165) is 4.90 Å². The topological polar surface area (TPSA) is 90.6 Å². The molecule has 1 N–H and O–H groups in total. The molecule has 88 valence electrons. The minimum Gasteiger partial charge on any atom is -0.465 e. The molecular formula is C10H14N2O4. The fourth-order valence-corrected chi connectivity index (χ4v) is 1.90. The predicted molar refractivity (Wildman–Crippen MR) is 53.5 cm³/mol. The number of hydrogen-bond acceptors (Lipinski definition) is 4. The molecule has 2 atom stereocenters. The molecule has 0 bridgehead atoms. The molecule has 0 aromatic carbocycles. The van der Waals surface area contributed by atoms with Crippen LogP contribution in [-0.4, -0.2) is 41.3 Å². The van der Waals surface area contributed by atoms with Crippen molar-refractivity contribution in [1.29, 1.82) is 5.26 Å². The summed E-state index contributed by atoms with van der Waals surface area (Å²) < 4.78 is 4.75. The third-order valence-electron chi connectivity index (χ3n) is 2.61. The van der Waals surface area contributed by atoms with Crippen molar-refractivity contribution in [1.82, 2.24) is 4.90 Å². The largest absolute Gasteiger partial charge is 0.465 e. The molecule has 16 heavy (non-hydrogen) atoms. The van der Waals surface area contributed by atoms with Gasteiger partial charge in [0.15, 0.2) is 5.92 Å². The van der Waals surface area contributed by atoms with Crippen molar-refractivity contribution in [3.63, 3.8) is 0 Å². The average Bonchev–Trinajstić information content (AvgIpc) is 2.68. The number of hydrogen-bond donors (Lipinski definition) is 1. The molecule has 0 aliphatic carbocycles. The molecule has 0 aromatic heterocycles. The lowest BCUT2D eigenvalue weighted by molar-refractivity contribution is -0.147. The number of amides is 1. The zero-order chi connectivity index (χ0) is 12.1. The summed E-state index contributed by atoms with van der Waals surface area (Å²) in [5.74, 6) is -1.65. The van der Waals surface area contributed by atoms with Crippen molar-refractivity contribution in [2.75, 3.05) is 13.2 Å². The minimum absolute atomic E-state index is 0.191. The third kappa shape index (κ3) is 2.42. The first-order valence-corrected chi connectivity index (χ1v) is 5.17. The number of esters is 1. The summed E-state index contributed by atoms with van der Waals surface area (Å²) in [5.41, 5.74) is 0. The number of carbonyl (C=O) groups is 2. The molecule has 0 radical (unpaired) electrons. The molecule has 1 fully saturated rings. The smallest absolute Gasteiger partial charge is 0.407 e. The quantitative estimate of drug-likeness (QED) is 0.720. The maximum Gasteiger partial charge on any atom is 0.407 e. The number of carbonyl (C=O) groups excluding carboxylic acids is 1. The molecule has 1 amide bonds. The van der Waals surface area contributed by atoms with Gasteiger partial charge in [-0.05, 0) is 19.8 Å². The van der Waals surface area contributed by atoms with Gasteiger partial charge >= 0.3 is 12.1 Å². The lowest BCUT2D eigenvalue weighted by Crippen LogP contribution is -2.42. The highest BCUT2D eigenvalue weighted by Crippen LogP contribution is 2.24. The zero-order valence-electron chi connectivity index (χ0n) is 9.05. The van der Waals surface area contributed by atoms with Gasteiger partial charge in [0.2, 0.25) is 0 Å². The molecule has 6 heteroatoms. The van der Waals surface area contributed by atoms with Crippen molar-refractivity contribution in [3.8, 4) is 6.07 Å². The van der Waals surface area contributed by atoms with Gasteiger partial charge in [0.05, 0.1) is 18.7 Å². The number of ether oxygens (including phenoxy) is 1. The van der Waals surface area contributed by atoms with Crippen LogP contribution in [-0.2, 0) is 9.53 Å². The summed E-state index contributed by atoms with van der Waals surface area (Å²) in [4.78, 5) is 23.5. The highest BCUT2D eigenvalue weighted by molar-refractivity contribution is 5.77. The van der Waals surface area contributed by atoms with Crippen LogP contribution in [0.2, 0.25) is 0 Å². The number of rotatable bonds is 3. The Labute approximate surface area is 93.4 Å². The molecule has 1 aliphatic rings. The molecule has 1 saturated heterocycles. The van der Waals surface area contributed by atoms with E-state index in [1.807, 2.05) is 6.07 Å². The Balaban J connectivity index is 2.76. The summed E-state index contributed by atoms with van der Waals surface area (Å²) >= 11 is 0. The van der Waals surface area contributed by atoms with Crippen molar-refractivity contribution in [2.24, 2.45) is 5.92 Å². The maximum absolute atomic E-state index is 11.5. The van der Waals surface area contributed by atoms with Gasteiger partial charge in [-0.2, -0.15) is 5.26 Å². The van der Waals surface area contributed by atoms with Gasteiger partial charge in [-0.15, -0.1) is 0 Å². The van der Waals surface area contributed by atoms with Gasteiger partial charge in [0, 0.05) is 6.54 Å². The van der Waals surface area contributed by atoms with E-state index in [-0.39, 0.29) is 6.61 Å². The first kappa shape index (κ1) is 12.3. The second-order valence-corrected chi connectivity index (χ2v) is 3.54. The van der Waals surface area contributed by atoms with Crippen molar-refractivity contribution in [2.45, 2.75) is 25.8 Å². The van der Waals surface area contributed by atoms with Crippen LogP contribution in [0.15, 0.2) is 0 Å². The van der Waals surface area contributed by atoms with Gasteiger partial charge in [0.1, 0.15) is 0 Å². The van der Waals surface area contributed by atoms with Crippen molar-refractivity contribution < 1.29 is 19.4 Å². The van der Waals surface area contributed by atoms with Crippen LogP contribution >= 0.6 is 0 Å². The van der Waals surface area contributed by atoms with E-state index in [4.69, 9.17) is 15.1 Å². The Bertz CT molecular complexity index is 323. The predicted octanol–water partition coefficient (Wildman–Crippen LogP) is 0.832. The fraction of sp³-hybridized carbons (Fsp3) is 0.700. The van der Waals surface area contributed by atoms with Crippen LogP contribution in [0.1, 0.15) is 19.8 Å². The molecule has 2 unspecified atom stereocenters. The van der Waals surface area contributed by atoms with E-state index in [2.05, 4.69) is 0 Å². The van der Waals surface area contributed by atoms with Crippen LogP contribution in [0.25, 0.3) is 0 Å². The molecule has 1 rings (SSSR count). The Hall–Kier alpha value is -1.77. The SMILES string of the molecule is CCOC(=O)C(C#N)C1CCCN1C(=O)O. The van der Waals surface area contributed by atoms with Crippen molar-refractivity contribution >= 4 is 12.1 Å². The Morgan fingerprint density at radius 3 is 2.88 bits per heavy atom. The number of nitriles is 1. The minimum atomic E-state index is -1.09. The van der Waals surface area contributed by atoms with Crippen LogP contribution in [0, 0.1) is 17.2 Å². The van der Waals surface area contributed by atoms with Gasteiger partial charge < -0.3 is 14.7 Å². The lowest BCUT2D eigenvalue weighted by atomic mass is 9.99. The molecular weight excluding hydrogens is 212 g/mol. The highest BCUT2D eigenvalue weighted by atomic mass is 16.5.